The fourth-order valence-corrected chi connectivity index (χ4v) is 4.79. The Labute approximate surface area is 178 Å². The van der Waals surface area contributed by atoms with E-state index in [1.54, 1.807) is 13.8 Å². The van der Waals surface area contributed by atoms with Crippen molar-refractivity contribution in [1.82, 2.24) is 9.62 Å². The van der Waals surface area contributed by atoms with Crippen LogP contribution in [0.5, 0.6) is 0 Å². The monoisotopic (exact) mass is 462 g/mol. The van der Waals surface area contributed by atoms with E-state index >= 15 is 0 Å². The Kier molecular flexibility index (Phi) is 7.90. The summed E-state index contributed by atoms with van der Waals surface area (Å²) in [5.41, 5.74) is 0.0140. The zero-order valence-corrected chi connectivity index (χ0v) is 18.0. The largest absolute Gasteiger partial charge is 0.416 e. The van der Waals surface area contributed by atoms with E-state index in [1.807, 2.05) is 0 Å². The molecule has 164 valence electrons. The number of benzene rings is 2. The van der Waals surface area contributed by atoms with Crippen molar-refractivity contribution in [2.75, 3.05) is 19.6 Å². The number of rotatable bonds is 8. The Balaban J connectivity index is 2.07. The van der Waals surface area contributed by atoms with Gasteiger partial charge >= 0.3 is 6.18 Å². The minimum absolute atomic E-state index is 0.0169. The van der Waals surface area contributed by atoms with Crippen LogP contribution in [0.3, 0.4) is 0 Å². The molecule has 5 nitrogen and oxygen atoms in total. The van der Waals surface area contributed by atoms with Gasteiger partial charge in [0, 0.05) is 25.2 Å². The molecule has 0 saturated carbocycles. The van der Waals surface area contributed by atoms with Gasteiger partial charge in [0.05, 0.1) is 10.6 Å². The Morgan fingerprint density at radius 2 is 1.67 bits per heavy atom. The summed E-state index contributed by atoms with van der Waals surface area (Å²) in [4.78, 5) is 12.3. The zero-order valence-electron chi connectivity index (χ0n) is 16.5. The number of amides is 1. The van der Waals surface area contributed by atoms with Crippen LogP contribution in [0, 0.1) is 0 Å². The molecular formula is C20H22ClF3N2O3S. The number of alkyl halides is 3. The average Bonchev–Trinajstić information content (AvgIpc) is 2.68. The number of nitrogens with zero attached hydrogens (tertiary/aromatic N) is 1. The predicted octanol–water partition coefficient (Wildman–Crippen LogP) is 4.36. The van der Waals surface area contributed by atoms with Gasteiger partial charge in [-0.2, -0.15) is 17.5 Å². The second kappa shape index (κ2) is 9.80. The van der Waals surface area contributed by atoms with E-state index < -0.39 is 27.7 Å². The highest BCUT2D eigenvalue weighted by atomic mass is 35.5. The maximum atomic E-state index is 12.7. The summed E-state index contributed by atoms with van der Waals surface area (Å²) in [5, 5.41) is 2.65. The van der Waals surface area contributed by atoms with Gasteiger partial charge in [0.2, 0.25) is 10.0 Å². The molecule has 0 atom stereocenters. The molecule has 0 radical (unpaired) electrons. The Hall–Kier alpha value is -2.10. The Morgan fingerprint density at radius 1 is 1.07 bits per heavy atom. The molecular weight excluding hydrogens is 441 g/mol. The predicted molar refractivity (Wildman–Crippen MR) is 109 cm³/mol. The minimum atomic E-state index is -4.40. The van der Waals surface area contributed by atoms with Gasteiger partial charge in [0.25, 0.3) is 5.91 Å². The van der Waals surface area contributed by atoms with Crippen molar-refractivity contribution in [3.63, 3.8) is 0 Å². The fraction of sp³-hybridized carbons (Fsp3) is 0.350. The molecule has 30 heavy (non-hydrogen) atoms. The Morgan fingerprint density at radius 3 is 2.20 bits per heavy atom. The molecule has 0 aliphatic carbocycles. The summed E-state index contributed by atoms with van der Waals surface area (Å²) in [6, 6.07) is 8.67. The molecule has 2 aromatic carbocycles. The van der Waals surface area contributed by atoms with Crippen LogP contribution < -0.4 is 5.32 Å². The van der Waals surface area contributed by atoms with E-state index in [2.05, 4.69) is 5.32 Å². The molecule has 0 fully saturated rings. The summed E-state index contributed by atoms with van der Waals surface area (Å²) in [6.45, 7) is 4.10. The maximum absolute atomic E-state index is 12.7. The van der Waals surface area contributed by atoms with E-state index in [4.69, 9.17) is 11.6 Å². The van der Waals surface area contributed by atoms with E-state index in [0.29, 0.717) is 12.0 Å². The SMILES string of the molecule is CCN(CC)S(=O)(=O)c1cc(C(=O)NCCc2ccc(C(F)(F)F)cc2)ccc1Cl. The zero-order chi connectivity index (χ0) is 22.5. The molecule has 1 amide bonds. The van der Waals surface area contributed by atoms with Crippen LogP contribution in [-0.2, 0) is 22.6 Å². The van der Waals surface area contributed by atoms with Crippen LogP contribution in [0.25, 0.3) is 0 Å². The van der Waals surface area contributed by atoms with Crippen LogP contribution >= 0.6 is 11.6 Å². The van der Waals surface area contributed by atoms with E-state index in [0.717, 1.165) is 12.1 Å². The molecule has 0 spiro atoms. The topological polar surface area (TPSA) is 66.5 Å². The second-order valence-electron chi connectivity index (χ2n) is 6.44. The van der Waals surface area contributed by atoms with Crippen LogP contribution in [0.1, 0.15) is 35.3 Å². The van der Waals surface area contributed by atoms with Gasteiger partial charge in [-0.15, -0.1) is 0 Å². The van der Waals surface area contributed by atoms with Crippen molar-refractivity contribution in [1.29, 1.82) is 0 Å². The van der Waals surface area contributed by atoms with Crippen molar-refractivity contribution in [2.24, 2.45) is 0 Å². The highest BCUT2D eigenvalue weighted by Crippen LogP contribution is 2.29. The molecule has 0 bridgehead atoms. The quantitative estimate of drug-likeness (QED) is 0.633. The third kappa shape index (κ3) is 5.74. The van der Waals surface area contributed by atoms with Crippen LogP contribution in [0.2, 0.25) is 5.02 Å². The van der Waals surface area contributed by atoms with Crippen molar-refractivity contribution >= 4 is 27.5 Å². The summed E-state index contributed by atoms with van der Waals surface area (Å²) in [7, 11) is -3.84. The van der Waals surface area contributed by atoms with Gasteiger partial charge in [-0.25, -0.2) is 8.42 Å². The molecule has 1 N–H and O–H groups in total. The molecule has 10 heteroatoms. The van der Waals surface area contributed by atoms with Gasteiger partial charge in [0.15, 0.2) is 0 Å². The first-order valence-electron chi connectivity index (χ1n) is 9.24. The summed E-state index contributed by atoms with van der Waals surface area (Å²) >= 11 is 6.06. The minimum Gasteiger partial charge on any atom is -0.352 e. The lowest BCUT2D eigenvalue weighted by Gasteiger charge is -2.19. The third-order valence-electron chi connectivity index (χ3n) is 4.50. The van der Waals surface area contributed by atoms with Crippen LogP contribution in [0.15, 0.2) is 47.4 Å². The van der Waals surface area contributed by atoms with Gasteiger partial charge < -0.3 is 5.32 Å². The van der Waals surface area contributed by atoms with Crippen molar-refractivity contribution in [3.8, 4) is 0 Å². The normalized spacial score (nSPS) is 12.2. The lowest BCUT2D eigenvalue weighted by Crippen LogP contribution is -2.31. The number of nitrogens with one attached hydrogen (secondary N) is 1. The van der Waals surface area contributed by atoms with Gasteiger partial charge in [-0.3, -0.25) is 4.79 Å². The molecule has 2 rings (SSSR count). The summed E-state index contributed by atoms with van der Waals surface area (Å²) < 4.78 is 64.4. The van der Waals surface area contributed by atoms with Crippen molar-refractivity contribution in [3.05, 3.63) is 64.2 Å². The lowest BCUT2D eigenvalue weighted by molar-refractivity contribution is -0.137. The van der Waals surface area contributed by atoms with Crippen molar-refractivity contribution in [2.45, 2.75) is 31.3 Å². The highest BCUT2D eigenvalue weighted by Gasteiger charge is 2.30. The molecule has 0 aliphatic heterocycles. The van der Waals surface area contributed by atoms with E-state index in [1.165, 1.54) is 34.6 Å². The first-order valence-corrected chi connectivity index (χ1v) is 11.1. The number of hydrogen-bond donors (Lipinski definition) is 1. The first kappa shape index (κ1) is 24.2. The van der Waals surface area contributed by atoms with Crippen LogP contribution in [0.4, 0.5) is 13.2 Å². The standard InChI is InChI=1S/C20H22ClF3N2O3S/c1-3-26(4-2)30(28,29)18-13-15(7-10-17(18)21)19(27)25-12-11-14-5-8-16(9-6-14)20(22,23)24/h5-10,13H,3-4,11-12H2,1-2H3,(H,25,27). The number of carbonyl (C=O) groups excluding carboxylic acids is 1. The lowest BCUT2D eigenvalue weighted by atomic mass is 10.1. The molecule has 0 unspecified atom stereocenters. The average molecular weight is 463 g/mol. The molecule has 0 heterocycles. The number of halogens is 4. The van der Waals surface area contributed by atoms with Gasteiger partial charge in [-0.05, 0) is 42.3 Å². The summed E-state index contributed by atoms with van der Waals surface area (Å²) in [6.07, 6.45) is -4.08. The number of sulfonamides is 1. The van der Waals surface area contributed by atoms with Crippen LogP contribution in [-0.4, -0.2) is 38.3 Å². The maximum Gasteiger partial charge on any atom is 0.416 e. The number of carbonyl (C=O) groups is 1. The molecule has 0 aromatic heterocycles. The first-order chi connectivity index (χ1) is 14.0. The second-order valence-corrected chi connectivity index (χ2v) is 8.75. The molecule has 0 saturated heterocycles. The Bertz CT molecular complexity index is 989. The van der Waals surface area contributed by atoms with E-state index in [9.17, 15) is 26.4 Å². The van der Waals surface area contributed by atoms with Gasteiger partial charge in [0.1, 0.15) is 4.90 Å². The van der Waals surface area contributed by atoms with Gasteiger partial charge in [-0.1, -0.05) is 37.6 Å². The highest BCUT2D eigenvalue weighted by molar-refractivity contribution is 7.89. The van der Waals surface area contributed by atoms with Crippen molar-refractivity contribution < 1.29 is 26.4 Å². The third-order valence-corrected chi connectivity index (χ3v) is 7.03. The van der Waals surface area contributed by atoms with E-state index in [-0.39, 0.29) is 35.1 Å². The molecule has 2 aromatic rings. The fourth-order valence-electron chi connectivity index (χ4n) is 2.83. The summed E-state index contributed by atoms with van der Waals surface area (Å²) in [5.74, 6) is -0.505. The molecule has 0 aliphatic rings. The number of hydrogen-bond acceptors (Lipinski definition) is 3. The smallest absolute Gasteiger partial charge is 0.352 e.